The normalized spacial score (nSPS) is 17.6. The van der Waals surface area contributed by atoms with Gasteiger partial charge in [0.25, 0.3) is 5.91 Å². The predicted molar refractivity (Wildman–Crippen MR) is 160 cm³/mol. The van der Waals surface area contributed by atoms with Crippen LogP contribution in [-0.4, -0.2) is 41.8 Å². The largest absolute Gasteiger partial charge is 0.493 e. The van der Waals surface area contributed by atoms with Crippen molar-refractivity contribution in [2.75, 3.05) is 19.9 Å². The lowest BCUT2D eigenvalue weighted by Crippen LogP contribution is -2.41. The number of unbranched alkanes of at least 4 members (excludes halogenated alkanes) is 3. The lowest BCUT2D eigenvalue weighted by Gasteiger charge is -2.22. The Bertz CT molecular complexity index is 1620. The van der Waals surface area contributed by atoms with E-state index < -0.39 is 5.54 Å². The molecule has 0 spiro atoms. The summed E-state index contributed by atoms with van der Waals surface area (Å²) in [5, 5.41) is 3.91. The van der Waals surface area contributed by atoms with Crippen molar-refractivity contribution in [1.29, 1.82) is 0 Å². The Morgan fingerprint density at radius 3 is 2.62 bits per heavy atom. The first kappa shape index (κ1) is 27.6. The van der Waals surface area contributed by atoms with Crippen molar-refractivity contribution in [3.8, 4) is 17.2 Å². The van der Waals surface area contributed by atoms with Crippen molar-refractivity contribution < 1.29 is 23.8 Å². The zero-order chi connectivity index (χ0) is 29.1. The van der Waals surface area contributed by atoms with E-state index in [1.54, 1.807) is 25.1 Å². The second-order valence-corrected chi connectivity index (χ2v) is 11.1. The van der Waals surface area contributed by atoms with Gasteiger partial charge in [0.05, 0.1) is 12.1 Å². The van der Waals surface area contributed by atoms with Crippen LogP contribution >= 0.6 is 0 Å². The molecule has 8 heteroatoms. The number of aryl methyl sites for hydroxylation is 1. The highest BCUT2D eigenvalue weighted by atomic mass is 16.7. The fraction of sp³-hybridized carbons (Fsp3) is 0.324. The van der Waals surface area contributed by atoms with Gasteiger partial charge < -0.3 is 19.5 Å². The molecule has 1 fully saturated rings. The van der Waals surface area contributed by atoms with Gasteiger partial charge in [-0.15, -0.1) is 0 Å². The molecule has 1 N–H and O–H groups in total. The number of fused-ring (bicyclic) bond motifs is 2. The van der Waals surface area contributed by atoms with Gasteiger partial charge in [0.2, 0.25) is 6.79 Å². The molecule has 3 amide bonds. The highest BCUT2D eigenvalue weighted by Gasteiger charge is 2.49. The van der Waals surface area contributed by atoms with Crippen LogP contribution in [0, 0.1) is 6.92 Å². The number of imide groups is 1. The minimum Gasteiger partial charge on any atom is -0.493 e. The zero-order valence-electron chi connectivity index (χ0n) is 24.0. The molecule has 3 heterocycles. The minimum atomic E-state index is -1.13. The Balaban J connectivity index is 1.02. The molecule has 1 unspecified atom stereocenters. The minimum absolute atomic E-state index is 0.153. The molecule has 3 aromatic carbocycles. The van der Waals surface area contributed by atoms with Gasteiger partial charge in [-0.2, -0.15) is 0 Å². The molecule has 0 aliphatic carbocycles. The lowest BCUT2D eigenvalue weighted by molar-refractivity contribution is -0.131. The number of nitrogens with one attached hydrogen (secondary N) is 1. The summed E-state index contributed by atoms with van der Waals surface area (Å²) >= 11 is 0. The van der Waals surface area contributed by atoms with E-state index in [0.717, 1.165) is 59.9 Å². The molecule has 0 bridgehead atoms. The van der Waals surface area contributed by atoms with E-state index in [-0.39, 0.29) is 18.7 Å². The van der Waals surface area contributed by atoms with E-state index >= 15 is 0 Å². The summed E-state index contributed by atoms with van der Waals surface area (Å²) in [6.45, 7) is 4.92. The molecule has 1 atom stereocenters. The molecule has 1 saturated heterocycles. The van der Waals surface area contributed by atoms with Gasteiger partial charge in [-0.25, -0.2) is 4.79 Å². The molecule has 8 nitrogen and oxygen atoms in total. The summed E-state index contributed by atoms with van der Waals surface area (Å²) < 4.78 is 17.2. The third-order valence-corrected chi connectivity index (χ3v) is 8.11. The van der Waals surface area contributed by atoms with Crippen molar-refractivity contribution in [1.82, 2.24) is 15.2 Å². The number of ether oxygens (including phenoxy) is 3. The van der Waals surface area contributed by atoms with E-state index in [4.69, 9.17) is 19.2 Å². The van der Waals surface area contributed by atoms with Crippen molar-refractivity contribution in [3.05, 3.63) is 95.2 Å². The second-order valence-electron chi connectivity index (χ2n) is 11.1. The highest BCUT2D eigenvalue weighted by Crippen LogP contribution is 2.38. The standard InChI is InChI=1S/C34H35N3O5/c1-23-11-10-14-27-30(23)35-21-25(19-24-12-6-5-7-13-24)31(27)40-18-9-4-3-8-17-37-32(38)34(2,36-33(37)39)26-15-16-28-29(20-26)42-22-41-28/h5-7,10-16,20-21H,3-4,8-9,17-19,22H2,1-2H3,(H,36,39). The van der Waals surface area contributed by atoms with E-state index in [0.29, 0.717) is 30.2 Å². The van der Waals surface area contributed by atoms with E-state index in [1.165, 1.54) is 10.5 Å². The Morgan fingerprint density at radius 1 is 0.952 bits per heavy atom. The van der Waals surface area contributed by atoms with Crippen LogP contribution in [-0.2, 0) is 16.8 Å². The Hall–Kier alpha value is -4.59. The molecule has 1 aromatic heterocycles. The number of para-hydroxylation sites is 1. The molecular formula is C34H35N3O5. The quantitative estimate of drug-likeness (QED) is 0.170. The first-order valence-corrected chi connectivity index (χ1v) is 14.5. The van der Waals surface area contributed by atoms with Crippen LogP contribution in [0.3, 0.4) is 0 Å². The van der Waals surface area contributed by atoms with E-state index in [1.807, 2.05) is 30.5 Å². The molecular weight excluding hydrogens is 530 g/mol. The van der Waals surface area contributed by atoms with Gasteiger partial charge in [-0.1, -0.05) is 61.4 Å². The van der Waals surface area contributed by atoms with Gasteiger partial charge in [-0.05, 0) is 61.6 Å². The molecule has 2 aliphatic rings. The van der Waals surface area contributed by atoms with Crippen LogP contribution in [0.15, 0.2) is 72.9 Å². The summed E-state index contributed by atoms with van der Waals surface area (Å²) in [4.78, 5) is 32.1. The van der Waals surface area contributed by atoms with Crippen LogP contribution in [0.4, 0.5) is 4.79 Å². The van der Waals surface area contributed by atoms with Crippen molar-refractivity contribution in [2.45, 2.75) is 51.5 Å². The third-order valence-electron chi connectivity index (χ3n) is 8.11. The number of nitrogens with zero attached hydrogens (tertiary/aromatic N) is 2. The molecule has 2 aliphatic heterocycles. The fourth-order valence-corrected chi connectivity index (χ4v) is 5.70. The first-order chi connectivity index (χ1) is 20.4. The molecule has 4 aromatic rings. The van der Waals surface area contributed by atoms with Crippen molar-refractivity contribution >= 4 is 22.8 Å². The summed E-state index contributed by atoms with van der Waals surface area (Å²) in [5.41, 5.74) is 3.92. The number of rotatable bonds is 11. The topological polar surface area (TPSA) is 90.0 Å². The number of pyridine rings is 1. The van der Waals surface area contributed by atoms with Crippen LogP contribution in [0.5, 0.6) is 17.2 Å². The molecule has 216 valence electrons. The third kappa shape index (κ3) is 5.36. The molecule has 6 rings (SSSR count). The molecule has 0 saturated carbocycles. The average Bonchev–Trinajstić information content (AvgIpc) is 3.56. The Labute approximate surface area is 245 Å². The maximum atomic E-state index is 13.3. The summed E-state index contributed by atoms with van der Waals surface area (Å²) in [6.07, 6.45) is 6.10. The Morgan fingerprint density at radius 2 is 1.76 bits per heavy atom. The average molecular weight is 566 g/mol. The Kier molecular flexibility index (Phi) is 7.69. The van der Waals surface area contributed by atoms with Crippen LogP contribution in [0.2, 0.25) is 0 Å². The first-order valence-electron chi connectivity index (χ1n) is 14.5. The number of carbonyl (C=O) groups is 2. The lowest BCUT2D eigenvalue weighted by atomic mass is 9.91. The summed E-state index contributed by atoms with van der Waals surface area (Å²) in [6, 6.07) is 21.5. The summed E-state index contributed by atoms with van der Waals surface area (Å²) in [7, 11) is 0. The van der Waals surface area contributed by atoms with Crippen LogP contribution < -0.4 is 19.5 Å². The number of benzene rings is 3. The maximum Gasteiger partial charge on any atom is 0.325 e. The molecule has 0 radical (unpaired) electrons. The maximum absolute atomic E-state index is 13.3. The van der Waals surface area contributed by atoms with E-state index in [2.05, 4.69) is 36.5 Å². The van der Waals surface area contributed by atoms with Crippen LogP contribution in [0.1, 0.15) is 54.9 Å². The van der Waals surface area contributed by atoms with Gasteiger partial charge in [0, 0.05) is 30.1 Å². The summed E-state index contributed by atoms with van der Waals surface area (Å²) in [5.74, 6) is 1.87. The number of amides is 3. The second kappa shape index (κ2) is 11.7. The number of urea groups is 1. The predicted octanol–water partition coefficient (Wildman–Crippen LogP) is 6.27. The van der Waals surface area contributed by atoms with E-state index in [9.17, 15) is 9.59 Å². The van der Waals surface area contributed by atoms with Gasteiger partial charge in [-0.3, -0.25) is 14.7 Å². The highest BCUT2D eigenvalue weighted by molar-refractivity contribution is 6.07. The van der Waals surface area contributed by atoms with Gasteiger partial charge >= 0.3 is 6.03 Å². The number of carbonyl (C=O) groups excluding carboxylic acids is 2. The molecule has 42 heavy (non-hydrogen) atoms. The number of aromatic nitrogens is 1. The SMILES string of the molecule is Cc1cccc2c(OCCCCCCN3C(=O)NC(C)(c4ccc5c(c4)OCO5)C3=O)c(Cc3ccccc3)cnc12. The fourth-order valence-electron chi connectivity index (χ4n) is 5.70. The number of hydrogen-bond acceptors (Lipinski definition) is 6. The van der Waals surface area contributed by atoms with Gasteiger partial charge in [0.1, 0.15) is 11.3 Å². The zero-order valence-corrected chi connectivity index (χ0v) is 24.0. The van der Waals surface area contributed by atoms with Crippen molar-refractivity contribution in [3.63, 3.8) is 0 Å². The smallest absolute Gasteiger partial charge is 0.325 e. The number of hydrogen-bond donors (Lipinski definition) is 1. The van der Waals surface area contributed by atoms with Crippen molar-refractivity contribution in [2.24, 2.45) is 0 Å². The van der Waals surface area contributed by atoms with Gasteiger partial charge in [0.15, 0.2) is 11.5 Å². The van der Waals surface area contributed by atoms with Crippen LogP contribution in [0.25, 0.3) is 10.9 Å². The monoisotopic (exact) mass is 565 g/mol.